The Kier molecular flexibility index (Phi) is 3.19. The maximum Gasteiger partial charge on any atom is 0.293 e. The summed E-state index contributed by atoms with van der Waals surface area (Å²) >= 11 is 0. The minimum Gasteiger partial charge on any atom is -0.359 e. The van der Waals surface area contributed by atoms with E-state index in [1.165, 1.54) is 0 Å². The summed E-state index contributed by atoms with van der Waals surface area (Å²) in [6, 6.07) is 0. The van der Waals surface area contributed by atoms with Crippen LogP contribution in [0.4, 0.5) is 5.82 Å². The molecule has 1 unspecified atom stereocenters. The molecule has 2 heterocycles. The van der Waals surface area contributed by atoms with Crippen molar-refractivity contribution in [3.05, 3.63) is 22.7 Å². The molecule has 0 bridgehead atoms. The molecule has 0 aliphatic carbocycles. The van der Waals surface area contributed by atoms with Crippen LogP contribution in [0.3, 0.4) is 0 Å². The maximum atomic E-state index is 12.4. The zero-order valence-corrected chi connectivity index (χ0v) is 11.6. The molecule has 2 rings (SSSR count). The molecule has 1 aliphatic heterocycles. The third kappa shape index (κ3) is 2.56. The standard InChI is InChI=1S/C13H22N4O/c1-12(2,3)17-8-7-15-10(11(17)18)16-13(4)5-6-14-9-13/h7-8,14H,5-6,9H2,1-4H3,(H,15,16). The molecule has 1 aromatic rings. The molecule has 1 fully saturated rings. The molecule has 0 spiro atoms. The van der Waals surface area contributed by atoms with E-state index in [4.69, 9.17) is 0 Å². The van der Waals surface area contributed by atoms with Crippen LogP contribution in [-0.2, 0) is 5.54 Å². The number of anilines is 1. The molecule has 0 amide bonds. The first-order valence-electron chi connectivity index (χ1n) is 6.39. The fourth-order valence-corrected chi connectivity index (χ4v) is 2.24. The first-order chi connectivity index (χ1) is 8.32. The van der Waals surface area contributed by atoms with E-state index < -0.39 is 0 Å². The Bertz CT molecular complexity index is 480. The van der Waals surface area contributed by atoms with Crippen LogP contribution in [-0.4, -0.2) is 28.2 Å². The van der Waals surface area contributed by atoms with E-state index in [1.807, 2.05) is 20.8 Å². The van der Waals surface area contributed by atoms with Crippen molar-refractivity contribution in [2.75, 3.05) is 18.4 Å². The number of hydrogen-bond acceptors (Lipinski definition) is 4. The van der Waals surface area contributed by atoms with Crippen LogP contribution in [0, 0.1) is 0 Å². The number of nitrogens with zero attached hydrogens (tertiary/aromatic N) is 2. The van der Waals surface area contributed by atoms with Gasteiger partial charge in [-0.25, -0.2) is 4.98 Å². The molecule has 0 aromatic carbocycles. The van der Waals surface area contributed by atoms with Crippen molar-refractivity contribution in [3.63, 3.8) is 0 Å². The third-order valence-corrected chi connectivity index (χ3v) is 3.35. The van der Waals surface area contributed by atoms with Gasteiger partial charge in [0.25, 0.3) is 5.56 Å². The Labute approximate surface area is 108 Å². The van der Waals surface area contributed by atoms with Gasteiger partial charge in [0, 0.05) is 30.0 Å². The Balaban J connectivity index is 2.32. The minimum atomic E-state index is -0.231. The molecular weight excluding hydrogens is 228 g/mol. The van der Waals surface area contributed by atoms with Gasteiger partial charge in [-0.2, -0.15) is 0 Å². The van der Waals surface area contributed by atoms with Crippen molar-refractivity contribution >= 4 is 5.82 Å². The molecule has 1 aliphatic rings. The molecule has 1 atom stereocenters. The molecule has 5 nitrogen and oxygen atoms in total. The van der Waals surface area contributed by atoms with Gasteiger partial charge in [-0.1, -0.05) is 0 Å². The smallest absolute Gasteiger partial charge is 0.293 e. The van der Waals surface area contributed by atoms with Gasteiger partial charge in [-0.3, -0.25) is 4.79 Å². The molecule has 1 aromatic heterocycles. The summed E-state index contributed by atoms with van der Waals surface area (Å²) in [6.45, 7) is 9.98. The van der Waals surface area contributed by atoms with Gasteiger partial charge in [0.2, 0.25) is 0 Å². The van der Waals surface area contributed by atoms with Crippen molar-refractivity contribution in [2.45, 2.75) is 45.2 Å². The zero-order valence-electron chi connectivity index (χ0n) is 11.6. The van der Waals surface area contributed by atoms with Gasteiger partial charge >= 0.3 is 0 Å². The van der Waals surface area contributed by atoms with Crippen LogP contribution < -0.4 is 16.2 Å². The Morgan fingerprint density at radius 2 is 2.22 bits per heavy atom. The lowest BCUT2D eigenvalue weighted by Gasteiger charge is -2.27. The summed E-state index contributed by atoms with van der Waals surface area (Å²) in [7, 11) is 0. The summed E-state index contributed by atoms with van der Waals surface area (Å²) < 4.78 is 1.72. The summed E-state index contributed by atoms with van der Waals surface area (Å²) in [6.07, 6.45) is 4.42. The number of hydrogen-bond donors (Lipinski definition) is 2. The van der Waals surface area contributed by atoms with Gasteiger partial charge in [0.05, 0.1) is 0 Å². The molecule has 1 saturated heterocycles. The number of nitrogens with one attached hydrogen (secondary N) is 2. The maximum absolute atomic E-state index is 12.4. The monoisotopic (exact) mass is 250 g/mol. The van der Waals surface area contributed by atoms with Gasteiger partial charge in [-0.15, -0.1) is 0 Å². The van der Waals surface area contributed by atoms with Crippen molar-refractivity contribution in [2.24, 2.45) is 0 Å². The van der Waals surface area contributed by atoms with Crippen molar-refractivity contribution in [1.82, 2.24) is 14.9 Å². The topological polar surface area (TPSA) is 59.0 Å². The number of aromatic nitrogens is 2. The Morgan fingerprint density at radius 1 is 1.50 bits per heavy atom. The highest BCUT2D eigenvalue weighted by molar-refractivity contribution is 5.36. The molecule has 0 radical (unpaired) electrons. The summed E-state index contributed by atoms with van der Waals surface area (Å²) in [5, 5.41) is 6.59. The van der Waals surface area contributed by atoms with Gasteiger partial charge < -0.3 is 15.2 Å². The van der Waals surface area contributed by atoms with Gasteiger partial charge in [0.15, 0.2) is 5.82 Å². The van der Waals surface area contributed by atoms with E-state index in [2.05, 4.69) is 22.5 Å². The number of rotatable bonds is 2. The van der Waals surface area contributed by atoms with Crippen molar-refractivity contribution in [3.8, 4) is 0 Å². The second-order valence-corrected chi connectivity index (χ2v) is 6.23. The lowest BCUT2D eigenvalue weighted by atomic mass is 10.0. The lowest BCUT2D eigenvalue weighted by Crippen LogP contribution is -2.42. The van der Waals surface area contributed by atoms with Crippen LogP contribution in [0.25, 0.3) is 0 Å². The summed E-state index contributed by atoms with van der Waals surface area (Å²) in [5.74, 6) is 0.443. The van der Waals surface area contributed by atoms with E-state index in [1.54, 1.807) is 17.0 Å². The van der Waals surface area contributed by atoms with E-state index in [9.17, 15) is 4.79 Å². The fourth-order valence-electron chi connectivity index (χ4n) is 2.24. The molecule has 18 heavy (non-hydrogen) atoms. The van der Waals surface area contributed by atoms with E-state index in [0.717, 1.165) is 19.5 Å². The first kappa shape index (κ1) is 13.1. The zero-order chi connectivity index (χ0) is 13.4. The third-order valence-electron chi connectivity index (χ3n) is 3.35. The van der Waals surface area contributed by atoms with E-state index in [0.29, 0.717) is 5.82 Å². The molecule has 100 valence electrons. The van der Waals surface area contributed by atoms with Gasteiger partial charge in [-0.05, 0) is 40.7 Å². The average molecular weight is 250 g/mol. The summed E-state index contributed by atoms with van der Waals surface area (Å²) in [5.41, 5.74) is -0.368. The fraction of sp³-hybridized carbons (Fsp3) is 0.692. The van der Waals surface area contributed by atoms with Crippen LogP contribution >= 0.6 is 0 Å². The van der Waals surface area contributed by atoms with Crippen LogP contribution in [0.1, 0.15) is 34.1 Å². The Hall–Kier alpha value is -1.36. The lowest BCUT2D eigenvalue weighted by molar-refractivity contribution is 0.382. The predicted octanol–water partition coefficient (Wildman–Crippen LogP) is 1.16. The minimum absolute atomic E-state index is 0.0573. The normalized spacial score (nSPS) is 24.2. The summed E-state index contributed by atoms with van der Waals surface area (Å²) in [4.78, 5) is 16.6. The Morgan fingerprint density at radius 3 is 2.78 bits per heavy atom. The highest BCUT2D eigenvalue weighted by Crippen LogP contribution is 2.18. The average Bonchev–Trinajstić information content (AvgIpc) is 2.67. The first-order valence-corrected chi connectivity index (χ1v) is 6.39. The second kappa shape index (κ2) is 4.39. The SMILES string of the molecule is CC1(Nc2nccn(C(C)(C)C)c2=O)CCNC1. The quantitative estimate of drug-likeness (QED) is 0.827. The van der Waals surface area contributed by atoms with E-state index >= 15 is 0 Å². The largest absolute Gasteiger partial charge is 0.359 e. The van der Waals surface area contributed by atoms with Gasteiger partial charge in [0.1, 0.15) is 0 Å². The van der Waals surface area contributed by atoms with Crippen molar-refractivity contribution in [1.29, 1.82) is 0 Å². The van der Waals surface area contributed by atoms with E-state index in [-0.39, 0.29) is 16.6 Å². The molecule has 2 N–H and O–H groups in total. The highest BCUT2D eigenvalue weighted by Gasteiger charge is 2.30. The van der Waals surface area contributed by atoms with Crippen LogP contribution in [0.2, 0.25) is 0 Å². The highest BCUT2D eigenvalue weighted by atomic mass is 16.1. The van der Waals surface area contributed by atoms with Crippen molar-refractivity contribution < 1.29 is 0 Å². The predicted molar refractivity (Wildman–Crippen MR) is 73.0 cm³/mol. The molecular formula is C13H22N4O. The molecule has 5 heteroatoms. The van der Waals surface area contributed by atoms with Crippen LogP contribution in [0.5, 0.6) is 0 Å². The van der Waals surface area contributed by atoms with Crippen LogP contribution in [0.15, 0.2) is 17.2 Å². The second-order valence-electron chi connectivity index (χ2n) is 6.23. The molecule has 0 saturated carbocycles.